The molecule has 1 heterocycles. The molecule has 3 atom stereocenters. The second kappa shape index (κ2) is 5.59. The molecular weight excluding hydrogens is 381 g/mol. The van der Waals surface area contributed by atoms with Gasteiger partial charge >= 0.3 is 0 Å². The molecule has 0 fully saturated rings. The average molecular weight is 395 g/mol. The van der Waals surface area contributed by atoms with E-state index in [2.05, 4.69) is 57.7 Å². The molecule has 2 aromatic rings. The largest absolute Gasteiger partial charge is 0.378 e. The average Bonchev–Trinajstić information content (AvgIpc) is 2.99. The van der Waals surface area contributed by atoms with E-state index in [-0.39, 0.29) is 6.04 Å². The van der Waals surface area contributed by atoms with E-state index in [9.17, 15) is 0 Å². The third kappa shape index (κ3) is 2.29. The molecule has 0 aromatic heterocycles. The van der Waals surface area contributed by atoms with Crippen molar-refractivity contribution in [3.05, 3.63) is 74.2 Å². The van der Waals surface area contributed by atoms with Crippen molar-refractivity contribution in [3.8, 4) is 0 Å². The predicted molar refractivity (Wildman–Crippen MR) is 97.0 cm³/mol. The number of fused-ring (bicyclic) bond motifs is 3. The number of hydrogen-bond acceptors (Lipinski definition) is 1. The van der Waals surface area contributed by atoms with Crippen molar-refractivity contribution in [2.24, 2.45) is 5.92 Å². The zero-order chi connectivity index (χ0) is 15.3. The highest BCUT2D eigenvalue weighted by molar-refractivity contribution is 9.10. The van der Waals surface area contributed by atoms with Gasteiger partial charge in [-0.15, -0.1) is 0 Å². The fourth-order valence-corrected chi connectivity index (χ4v) is 4.44. The van der Waals surface area contributed by atoms with Crippen LogP contribution >= 0.6 is 39.1 Å². The lowest BCUT2D eigenvalue weighted by molar-refractivity contribution is 0.425. The van der Waals surface area contributed by atoms with Crippen molar-refractivity contribution in [3.63, 3.8) is 0 Å². The van der Waals surface area contributed by atoms with Gasteiger partial charge in [0.2, 0.25) is 0 Å². The van der Waals surface area contributed by atoms with Gasteiger partial charge in [0.05, 0.1) is 16.1 Å². The first-order chi connectivity index (χ1) is 10.6. The van der Waals surface area contributed by atoms with Gasteiger partial charge in [-0.2, -0.15) is 0 Å². The molecule has 0 saturated carbocycles. The molecule has 1 nitrogen and oxygen atoms in total. The van der Waals surface area contributed by atoms with Crippen molar-refractivity contribution >= 4 is 44.8 Å². The highest BCUT2D eigenvalue weighted by Gasteiger charge is 2.38. The van der Waals surface area contributed by atoms with E-state index in [1.54, 1.807) is 0 Å². The molecule has 4 heteroatoms. The zero-order valence-corrected chi connectivity index (χ0v) is 14.8. The normalized spacial score (nSPS) is 25.5. The van der Waals surface area contributed by atoms with Crippen molar-refractivity contribution in [1.82, 2.24) is 0 Å². The van der Waals surface area contributed by atoms with E-state index in [1.165, 1.54) is 11.3 Å². The van der Waals surface area contributed by atoms with Gasteiger partial charge in [0, 0.05) is 16.1 Å². The Morgan fingerprint density at radius 2 is 1.95 bits per heavy atom. The van der Waals surface area contributed by atoms with E-state index in [1.807, 2.05) is 12.1 Å². The van der Waals surface area contributed by atoms with E-state index in [0.717, 1.165) is 16.5 Å². The number of benzene rings is 2. The van der Waals surface area contributed by atoms with Crippen LogP contribution in [0.5, 0.6) is 0 Å². The minimum absolute atomic E-state index is 0.180. The summed E-state index contributed by atoms with van der Waals surface area (Å²) in [5.41, 5.74) is 3.61. The monoisotopic (exact) mass is 393 g/mol. The molecule has 0 bridgehead atoms. The first-order valence-corrected chi connectivity index (χ1v) is 8.86. The lowest BCUT2D eigenvalue weighted by Crippen LogP contribution is -2.29. The maximum atomic E-state index is 6.47. The van der Waals surface area contributed by atoms with Gasteiger partial charge < -0.3 is 5.32 Å². The van der Waals surface area contributed by atoms with Crippen LogP contribution in [0.2, 0.25) is 10.0 Å². The molecular formula is C18H14BrCl2N. The van der Waals surface area contributed by atoms with Gasteiger partial charge in [0.1, 0.15) is 0 Å². The van der Waals surface area contributed by atoms with Crippen molar-refractivity contribution < 1.29 is 0 Å². The lowest BCUT2D eigenvalue weighted by atomic mass is 9.77. The molecule has 0 amide bonds. The summed E-state index contributed by atoms with van der Waals surface area (Å²) in [4.78, 5) is 0. The topological polar surface area (TPSA) is 12.0 Å². The summed E-state index contributed by atoms with van der Waals surface area (Å²) in [6.45, 7) is 0. The second-order valence-electron chi connectivity index (χ2n) is 5.85. The Labute approximate surface area is 148 Å². The lowest BCUT2D eigenvalue weighted by Gasteiger charge is -2.38. The van der Waals surface area contributed by atoms with Crippen molar-refractivity contribution in [2.45, 2.75) is 18.4 Å². The molecule has 2 aromatic carbocycles. The number of hydrogen-bond donors (Lipinski definition) is 1. The van der Waals surface area contributed by atoms with Crippen LogP contribution in [0, 0.1) is 5.92 Å². The molecule has 2 aliphatic rings. The zero-order valence-electron chi connectivity index (χ0n) is 11.7. The summed E-state index contributed by atoms with van der Waals surface area (Å²) >= 11 is 16.3. The highest BCUT2D eigenvalue weighted by Crippen LogP contribution is 2.51. The maximum absolute atomic E-state index is 6.47. The second-order valence-corrected chi connectivity index (χ2v) is 7.55. The standard InChI is InChI=1S/C18H14BrCl2N/c19-10-7-8-16-14(9-10)11-3-1-4-12(11)18(22-16)13-5-2-6-15(20)17(13)21/h1-3,5-9,11-12,18,22H,4H2. The quantitative estimate of drug-likeness (QED) is 0.538. The molecule has 1 N–H and O–H groups in total. The van der Waals surface area contributed by atoms with Gasteiger partial charge in [-0.25, -0.2) is 0 Å². The summed E-state index contributed by atoms with van der Waals surface area (Å²) in [7, 11) is 0. The molecule has 112 valence electrons. The van der Waals surface area contributed by atoms with Crippen LogP contribution in [0.1, 0.15) is 29.5 Å². The van der Waals surface area contributed by atoms with Crippen LogP contribution in [-0.2, 0) is 0 Å². The predicted octanol–water partition coefficient (Wildman–Crippen LogP) is 6.58. The Morgan fingerprint density at radius 1 is 1.09 bits per heavy atom. The van der Waals surface area contributed by atoms with Crippen LogP contribution in [0.25, 0.3) is 0 Å². The van der Waals surface area contributed by atoms with Crippen molar-refractivity contribution in [1.29, 1.82) is 0 Å². The Morgan fingerprint density at radius 3 is 2.82 bits per heavy atom. The minimum atomic E-state index is 0.180. The summed E-state index contributed by atoms with van der Waals surface area (Å²) < 4.78 is 1.12. The van der Waals surface area contributed by atoms with E-state index < -0.39 is 0 Å². The Hall–Kier alpha value is -0.960. The first kappa shape index (κ1) is 14.6. The number of allylic oxidation sites excluding steroid dienone is 2. The van der Waals surface area contributed by atoms with E-state index in [4.69, 9.17) is 23.2 Å². The number of halogens is 3. The smallest absolute Gasteiger partial charge is 0.0645 e. The van der Waals surface area contributed by atoms with Gasteiger partial charge in [0.15, 0.2) is 0 Å². The Bertz CT molecular complexity index is 772. The molecule has 4 rings (SSSR count). The molecule has 1 aliphatic carbocycles. The van der Waals surface area contributed by atoms with Gasteiger partial charge in [-0.3, -0.25) is 0 Å². The maximum Gasteiger partial charge on any atom is 0.0645 e. The first-order valence-electron chi connectivity index (χ1n) is 7.31. The molecule has 22 heavy (non-hydrogen) atoms. The summed E-state index contributed by atoms with van der Waals surface area (Å²) in [5, 5.41) is 4.95. The van der Waals surface area contributed by atoms with Crippen molar-refractivity contribution in [2.75, 3.05) is 5.32 Å². The fourth-order valence-electron chi connectivity index (χ4n) is 3.63. The number of nitrogens with one attached hydrogen (secondary N) is 1. The van der Waals surface area contributed by atoms with E-state index in [0.29, 0.717) is 21.9 Å². The van der Waals surface area contributed by atoms with Crippen LogP contribution in [0.3, 0.4) is 0 Å². The highest BCUT2D eigenvalue weighted by atomic mass is 79.9. The minimum Gasteiger partial charge on any atom is -0.378 e. The molecule has 0 spiro atoms. The summed E-state index contributed by atoms with van der Waals surface area (Å²) in [6.07, 6.45) is 5.65. The van der Waals surface area contributed by atoms with Gasteiger partial charge in [-0.1, -0.05) is 63.4 Å². The Kier molecular flexibility index (Phi) is 3.72. The molecule has 0 saturated heterocycles. The van der Waals surface area contributed by atoms with E-state index >= 15 is 0 Å². The summed E-state index contributed by atoms with van der Waals surface area (Å²) in [5.74, 6) is 0.895. The molecule has 1 aliphatic heterocycles. The number of rotatable bonds is 1. The van der Waals surface area contributed by atoms with Crippen LogP contribution in [-0.4, -0.2) is 0 Å². The fraction of sp³-hybridized carbons (Fsp3) is 0.222. The van der Waals surface area contributed by atoms with Gasteiger partial charge in [0.25, 0.3) is 0 Å². The molecule has 3 unspecified atom stereocenters. The molecule has 0 radical (unpaired) electrons. The van der Waals surface area contributed by atoms with Crippen LogP contribution < -0.4 is 5.32 Å². The SMILES string of the molecule is Clc1cccc(C2Nc3ccc(Br)cc3C3C=CCC32)c1Cl. The van der Waals surface area contributed by atoms with Gasteiger partial charge in [-0.05, 0) is 47.7 Å². The van der Waals surface area contributed by atoms with Crippen LogP contribution in [0.4, 0.5) is 5.69 Å². The summed E-state index contributed by atoms with van der Waals surface area (Å²) in [6, 6.07) is 12.5. The Balaban J connectivity index is 1.83. The number of anilines is 1. The third-order valence-corrected chi connectivity index (χ3v) is 5.97. The van der Waals surface area contributed by atoms with Crippen LogP contribution in [0.15, 0.2) is 53.0 Å². The third-order valence-electron chi connectivity index (χ3n) is 4.64.